The molecule has 1 amide bonds. The van der Waals surface area contributed by atoms with E-state index in [-0.39, 0.29) is 24.4 Å². The van der Waals surface area contributed by atoms with Crippen LogP contribution in [0.15, 0.2) is 22.7 Å². The Morgan fingerprint density at radius 1 is 1.50 bits per heavy atom. The van der Waals surface area contributed by atoms with Crippen molar-refractivity contribution in [3.05, 3.63) is 33.8 Å². The smallest absolute Gasteiger partial charge is 0.254 e. The molecule has 1 fully saturated rings. The molecule has 2 N–H and O–H groups in total. The summed E-state index contributed by atoms with van der Waals surface area (Å²) in [5.74, 6) is 0.550. The minimum atomic E-state index is 0. The van der Waals surface area contributed by atoms with Gasteiger partial charge in [-0.2, -0.15) is 0 Å². The van der Waals surface area contributed by atoms with E-state index in [1.165, 1.54) is 0 Å². The van der Waals surface area contributed by atoms with Gasteiger partial charge in [0.25, 0.3) is 5.91 Å². The van der Waals surface area contributed by atoms with E-state index < -0.39 is 0 Å². The Hall–Kier alpha value is -0.580. The fourth-order valence-electron chi connectivity index (χ4n) is 2.62. The van der Waals surface area contributed by atoms with E-state index in [0.717, 1.165) is 41.5 Å². The molecule has 0 saturated carbocycles. The number of nitrogens with two attached hydrogens (primary N) is 1. The highest BCUT2D eigenvalue weighted by atomic mass is 79.9. The van der Waals surface area contributed by atoms with Crippen molar-refractivity contribution in [3.63, 3.8) is 0 Å². The molecule has 0 bridgehead atoms. The summed E-state index contributed by atoms with van der Waals surface area (Å²) >= 11 is 3.43. The Balaban J connectivity index is 0.00000200. The largest absolute Gasteiger partial charge is 0.338 e. The van der Waals surface area contributed by atoms with Crippen LogP contribution in [0, 0.1) is 12.8 Å². The molecule has 112 valence electrons. The molecule has 0 spiro atoms. The summed E-state index contributed by atoms with van der Waals surface area (Å²) in [6.45, 7) is 5.63. The first-order valence-electron chi connectivity index (χ1n) is 6.80. The summed E-state index contributed by atoms with van der Waals surface area (Å²) in [6, 6.07) is 6.00. The Morgan fingerprint density at radius 2 is 2.20 bits per heavy atom. The Kier molecular flexibility index (Phi) is 6.49. The average molecular weight is 362 g/mol. The third kappa shape index (κ3) is 3.96. The SMILES string of the molecule is Cc1ccc(Br)cc1C(=O)N1CCCC(C(C)N)C1.Cl. The first kappa shape index (κ1) is 17.5. The first-order valence-corrected chi connectivity index (χ1v) is 7.59. The van der Waals surface area contributed by atoms with Crippen molar-refractivity contribution in [2.75, 3.05) is 13.1 Å². The molecule has 1 aliphatic rings. The predicted octanol–water partition coefficient (Wildman–Crippen LogP) is 3.38. The van der Waals surface area contributed by atoms with E-state index in [4.69, 9.17) is 5.73 Å². The maximum Gasteiger partial charge on any atom is 0.254 e. The number of hydrogen-bond acceptors (Lipinski definition) is 2. The van der Waals surface area contributed by atoms with E-state index in [1.54, 1.807) is 0 Å². The predicted molar refractivity (Wildman–Crippen MR) is 88.4 cm³/mol. The number of likely N-dealkylation sites (tertiary alicyclic amines) is 1. The molecular formula is C15H22BrClN2O. The van der Waals surface area contributed by atoms with Crippen molar-refractivity contribution >= 4 is 34.2 Å². The molecule has 1 aromatic carbocycles. The molecule has 2 rings (SSSR count). The molecule has 5 heteroatoms. The van der Waals surface area contributed by atoms with Gasteiger partial charge >= 0.3 is 0 Å². The van der Waals surface area contributed by atoms with Crippen LogP contribution in [0.2, 0.25) is 0 Å². The summed E-state index contributed by atoms with van der Waals surface area (Å²) in [5.41, 5.74) is 7.79. The molecule has 2 atom stereocenters. The topological polar surface area (TPSA) is 46.3 Å². The lowest BCUT2D eigenvalue weighted by atomic mass is 9.91. The van der Waals surface area contributed by atoms with Crippen molar-refractivity contribution in [2.45, 2.75) is 32.7 Å². The average Bonchev–Trinajstić information content (AvgIpc) is 2.41. The number of amides is 1. The second-order valence-electron chi connectivity index (χ2n) is 5.47. The Labute approximate surface area is 135 Å². The number of nitrogens with zero attached hydrogens (tertiary/aromatic N) is 1. The molecule has 0 radical (unpaired) electrons. The first-order chi connectivity index (χ1) is 8.99. The molecule has 1 aliphatic heterocycles. The van der Waals surface area contributed by atoms with Gasteiger partial charge in [0.15, 0.2) is 0 Å². The van der Waals surface area contributed by atoms with Crippen molar-refractivity contribution < 1.29 is 4.79 Å². The lowest BCUT2D eigenvalue weighted by molar-refractivity contribution is 0.0660. The van der Waals surface area contributed by atoms with Crippen LogP contribution in [0.3, 0.4) is 0 Å². The van der Waals surface area contributed by atoms with Gasteiger partial charge in [-0.05, 0) is 50.3 Å². The van der Waals surface area contributed by atoms with E-state index in [1.807, 2.05) is 36.9 Å². The fourth-order valence-corrected chi connectivity index (χ4v) is 2.98. The Morgan fingerprint density at radius 3 is 2.85 bits per heavy atom. The zero-order valence-corrected chi connectivity index (χ0v) is 14.3. The summed E-state index contributed by atoms with van der Waals surface area (Å²) in [5, 5.41) is 0. The van der Waals surface area contributed by atoms with Gasteiger partial charge in [-0.3, -0.25) is 4.79 Å². The highest BCUT2D eigenvalue weighted by Crippen LogP contribution is 2.23. The monoisotopic (exact) mass is 360 g/mol. The number of carbonyl (C=O) groups excluding carboxylic acids is 1. The molecule has 1 aromatic rings. The van der Waals surface area contributed by atoms with Crippen LogP contribution in [0.4, 0.5) is 0 Å². The minimum Gasteiger partial charge on any atom is -0.338 e. The number of carbonyl (C=O) groups is 1. The summed E-state index contributed by atoms with van der Waals surface area (Å²) in [6.07, 6.45) is 2.17. The van der Waals surface area contributed by atoms with Gasteiger partial charge in [-0.15, -0.1) is 12.4 Å². The van der Waals surface area contributed by atoms with E-state index in [0.29, 0.717) is 5.92 Å². The van der Waals surface area contributed by atoms with Gasteiger partial charge in [0.1, 0.15) is 0 Å². The number of benzene rings is 1. The molecule has 2 unspecified atom stereocenters. The van der Waals surface area contributed by atoms with Gasteiger partial charge in [0, 0.05) is 29.2 Å². The second-order valence-corrected chi connectivity index (χ2v) is 6.39. The molecule has 1 saturated heterocycles. The quantitative estimate of drug-likeness (QED) is 0.878. The van der Waals surface area contributed by atoms with Crippen LogP contribution in [0.25, 0.3) is 0 Å². The van der Waals surface area contributed by atoms with Gasteiger partial charge in [0.2, 0.25) is 0 Å². The second kappa shape index (κ2) is 7.43. The van der Waals surface area contributed by atoms with Crippen LogP contribution in [0.1, 0.15) is 35.7 Å². The van der Waals surface area contributed by atoms with Crippen molar-refractivity contribution in [1.29, 1.82) is 0 Å². The van der Waals surface area contributed by atoms with Crippen molar-refractivity contribution in [2.24, 2.45) is 11.7 Å². The van der Waals surface area contributed by atoms with Crippen LogP contribution in [-0.2, 0) is 0 Å². The molecule has 20 heavy (non-hydrogen) atoms. The van der Waals surface area contributed by atoms with Crippen molar-refractivity contribution in [1.82, 2.24) is 4.90 Å². The standard InChI is InChI=1S/C15H21BrN2O.ClH/c1-10-5-6-13(16)8-14(10)15(19)18-7-3-4-12(9-18)11(2)17;/h5-6,8,11-12H,3-4,7,9,17H2,1-2H3;1H. The van der Waals surface area contributed by atoms with E-state index >= 15 is 0 Å². The van der Waals surface area contributed by atoms with Gasteiger partial charge in [-0.1, -0.05) is 22.0 Å². The zero-order valence-electron chi connectivity index (χ0n) is 11.9. The zero-order chi connectivity index (χ0) is 14.0. The van der Waals surface area contributed by atoms with Crippen LogP contribution in [-0.4, -0.2) is 29.9 Å². The highest BCUT2D eigenvalue weighted by Gasteiger charge is 2.27. The molecule has 3 nitrogen and oxygen atoms in total. The molecule has 1 heterocycles. The molecular weight excluding hydrogens is 340 g/mol. The van der Waals surface area contributed by atoms with E-state index in [2.05, 4.69) is 15.9 Å². The summed E-state index contributed by atoms with van der Waals surface area (Å²) in [7, 11) is 0. The van der Waals surface area contributed by atoms with Crippen LogP contribution >= 0.6 is 28.3 Å². The minimum absolute atomic E-state index is 0. The molecule has 0 aromatic heterocycles. The highest BCUT2D eigenvalue weighted by molar-refractivity contribution is 9.10. The number of halogens is 2. The Bertz CT molecular complexity index is 479. The third-order valence-electron chi connectivity index (χ3n) is 3.92. The normalized spacial score (nSPS) is 20.2. The van der Waals surface area contributed by atoms with E-state index in [9.17, 15) is 4.79 Å². The summed E-state index contributed by atoms with van der Waals surface area (Å²) in [4.78, 5) is 14.6. The van der Waals surface area contributed by atoms with Crippen LogP contribution < -0.4 is 5.73 Å². The number of rotatable bonds is 2. The number of aryl methyl sites for hydroxylation is 1. The van der Waals surface area contributed by atoms with Crippen LogP contribution in [0.5, 0.6) is 0 Å². The number of hydrogen-bond donors (Lipinski definition) is 1. The number of piperidine rings is 1. The maximum absolute atomic E-state index is 12.6. The summed E-state index contributed by atoms with van der Waals surface area (Å²) < 4.78 is 0.946. The fraction of sp³-hybridized carbons (Fsp3) is 0.533. The lowest BCUT2D eigenvalue weighted by Gasteiger charge is -2.35. The van der Waals surface area contributed by atoms with Gasteiger partial charge in [0.05, 0.1) is 0 Å². The van der Waals surface area contributed by atoms with Gasteiger partial charge < -0.3 is 10.6 Å². The third-order valence-corrected chi connectivity index (χ3v) is 4.41. The van der Waals surface area contributed by atoms with Crippen molar-refractivity contribution in [3.8, 4) is 0 Å². The molecule has 0 aliphatic carbocycles. The lowest BCUT2D eigenvalue weighted by Crippen LogP contribution is -2.45. The van der Waals surface area contributed by atoms with Gasteiger partial charge in [-0.25, -0.2) is 0 Å². The maximum atomic E-state index is 12.6.